The average Bonchev–Trinajstić information content (AvgIpc) is 2.42. The molecule has 3 N–H and O–H groups in total. The monoisotopic (exact) mass is 204 g/mol. The fourth-order valence-corrected chi connectivity index (χ4v) is 1.62. The van der Waals surface area contributed by atoms with Gasteiger partial charge in [0.1, 0.15) is 5.75 Å². The van der Waals surface area contributed by atoms with E-state index >= 15 is 0 Å². The number of rotatable bonds is 1. The third kappa shape index (κ3) is 1.23. The molecule has 0 radical (unpaired) electrons. The molecule has 1 aromatic carbocycles. The van der Waals surface area contributed by atoms with Gasteiger partial charge >= 0.3 is 0 Å². The molecule has 5 nitrogen and oxygen atoms in total. The summed E-state index contributed by atoms with van der Waals surface area (Å²) in [5.41, 5.74) is -1.17. The van der Waals surface area contributed by atoms with Crippen LogP contribution in [0.25, 0.3) is 0 Å². The topological polar surface area (TPSA) is 93.3 Å². The van der Waals surface area contributed by atoms with Gasteiger partial charge in [-0.05, 0) is 18.2 Å². The Hall–Kier alpha value is -2.06. The quantitative estimate of drug-likeness (QED) is 0.579. The van der Waals surface area contributed by atoms with Gasteiger partial charge in [0.25, 0.3) is 5.91 Å². The molecule has 1 unspecified atom stereocenters. The van der Waals surface area contributed by atoms with Crippen LogP contribution in [0.3, 0.4) is 0 Å². The van der Waals surface area contributed by atoms with E-state index in [4.69, 9.17) is 5.26 Å². The fraction of sp³-hybridized carbons (Fsp3) is 0.200. The Kier molecular flexibility index (Phi) is 1.88. The first-order valence-electron chi connectivity index (χ1n) is 4.32. The van der Waals surface area contributed by atoms with Crippen molar-refractivity contribution >= 4 is 11.6 Å². The molecule has 5 heteroatoms. The van der Waals surface area contributed by atoms with Crippen LogP contribution < -0.4 is 5.32 Å². The van der Waals surface area contributed by atoms with Crippen LogP contribution in [0.1, 0.15) is 12.0 Å². The highest BCUT2D eigenvalue weighted by molar-refractivity contribution is 6.05. The molecule has 0 bridgehead atoms. The number of benzene rings is 1. The average molecular weight is 204 g/mol. The first-order valence-corrected chi connectivity index (χ1v) is 4.32. The fourth-order valence-electron chi connectivity index (χ4n) is 1.62. The Balaban J connectivity index is 2.58. The second-order valence-corrected chi connectivity index (χ2v) is 3.38. The lowest BCUT2D eigenvalue weighted by molar-refractivity contribution is -0.133. The Bertz CT molecular complexity index is 478. The Labute approximate surface area is 85.6 Å². The van der Waals surface area contributed by atoms with E-state index in [0.29, 0.717) is 5.69 Å². The first-order chi connectivity index (χ1) is 7.08. The number of fused-ring (bicyclic) bond motifs is 1. The maximum atomic E-state index is 11.5. The number of amides is 1. The SMILES string of the molecule is N#CCC1(O)C(=O)Nc2ccc(O)cc21. The maximum absolute atomic E-state index is 11.5. The number of hydrogen-bond acceptors (Lipinski definition) is 4. The molecule has 0 saturated carbocycles. The summed E-state index contributed by atoms with van der Waals surface area (Å²) in [6.45, 7) is 0. The van der Waals surface area contributed by atoms with Crippen molar-refractivity contribution in [3.8, 4) is 11.8 Å². The molecule has 0 aliphatic carbocycles. The lowest BCUT2D eigenvalue weighted by Gasteiger charge is -2.16. The minimum Gasteiger partial charge on any atom is -0.508 e. The molecular formula is C10H8N2O3. The highest BCUT2D eigenvalue weighted by Crippen LogP contribution is 2.39. The van der Waals surface area contributed by atoms with Gasteiger partial charge in [0.05, 0.1) is 12.5 Å². The lowest BCUT2D eigenvalue weighted by Crippen LogP contribution is -2.33. The largest absolute Gasteiger partial charge is 0.508 e. The summed E-state index contributed by atoms with van der Waals surface area (Å²) in [5.74, 6) is -0.689. The summed E-state index contributed by atoms with van der Waals surface area (Å²) in [7, 11) is 0. The number of phenolic OH excluding ortho intramolecular Hbond substituents is 1. The van der Waals surface area contributed by atoms with Crippen molar-refractivity contribution in [2.45, 2.75) is 12.0 Å². The van der Waals surface area contributed by atoms with Crippen molar-refractivity contribution in [2.24, 2.45) is 0 Å². The molecule has 1 aliphatic heterocycles. The van der Waals surface area contributed by atoms with Gasteiger partial charge in [0.15, 0.2) is 5.60 Å². The van der Waals surface area contributed by atoms with Crippen LogP contribution in [-0.2, 0) is 10.4 Å². The van der Waals surface area contributed by atoms with Crippen molar-refractivity contribution in [3.63, 3.8) is 0 Å². The number of nitrogens with zero attached hydrogens (tertiary/aromatic N) is 1. The third-order valence-electron chi connectivity index (χ3n) is 2.41. The van der Waals surface area contributed by atoms with E-state index in [2.05, 4.69) is 5.32 Å². The molecule has 1 aliphatic rings. The van der Waals surface area contributed by atoms with Crippen molar-refractivity contribution in [1.29, 1.82) is 5.26 Å². The van der Waals surface area contributed by atoms with Gasteiger partial charge < -0.3 is 15.5 Å². The van der Waals surface area contributed by atoms with Gasteiger partial charge in [-0.3, -0.25) is 4.79 Å². The summed E-state index contributed by atoms with van der Waals surface area (Å²) >= 11 is 0. The Morgan fingerprint density at radius 1 is 1.53 bits per heavy atom. The molecule has 1 heterocycles. The summed E-state index contributed by atoms with van der Waals surface area (Å²) in [6, 6.07) is 5.91. The minimum atomic E-state index is -1.84. The number of hydrogen-bond donors (Lipinski definition) is 3. The van der Waals surface area contributed by atoms with Gasteiger partial charge in [-0.15, -0.1) is 0 Å². The van der Waals surface area contributed by atoms with Crippen LogP contribution >= 0.6 is 0 Å². The summed E-state index contributed by atoms with van der Waals surface area (Å²) in [6.07, 6.45) is -0.338. The van der Waals surface area contributed by atoms with E-state index in [9.17, 15) is 15.0 Å². The normalized spacial score (nSPS) is 23.1. The van der Waals surface area contributed by atoms with Crippen molar-refractivity contribution < 1.29 is 15.0 Å². The highest BCUT2D eigenvalue weighted by Gasteiger charge is 2.45. The summed E-state index contributed by atoms with van der Waals surface area (Å²) in [4.78, 5) is 11.5. The van der Waals surface area contributed by atoms with Crippen molar-refractivity contribution in [3.05, 3.63) is 23.8 Å². The molecular weight excluding hydrogens is 196 g/mol. The van der Waals surface area contributed by atoms with Crippen LogP contribution in [0.5, 0.6) is 5.75 Å². The number of carbonyl (C=O) groups is 1. The molecule has 0 saturated heterocycles. The van der Waals surface area contributed by atoms with E-state index in [1.807, 2.05) is 0 Å². The highest BCUT2D eigenvalue weighted by atomic mass is 16.3. The Morgan fingerprint density at radius 3 is 2.93 bits per heavy atom. The third-order valence-corrected chi connectivity index (χ3v) is 2.41. The molecule has 0 aromatic heterocycles. The van der Waals surface area contributed by atoms with Gasteiger partial charge in [-0.25, -0.2) is 0 Å². The van der Waals surface area contributed by atoms with E-state index in [1.54, 1.807) is 6.07 Å². The molecule has 1 atom stereocenters. The van der Waals surface area contributed by atoms with Gasteiger partial charge in [0.2, 0.25) is 0 Å². The molecule has 0 fully saturated rings. The lowest BCUT2D eigenvalue weighted by atomic mass is 9.92. The molecule has 1 aromatic rings. The maximum Gasteiger partial charge on any atom is 0.262 e. The second-order valence-electron chi connectivity index (χ2n) is 3.38. The van der Waals surface area contributed by atoms with Gasteiger partial charge in [-0.1, -0.05) is 0 Å². The van der Waals surface area contributed by atoms with Crippen molar-refractivity contribution in [1.82, 2.24) is 0 Å². The summed E-state index contributed by atoms with van der Waals surface area (Å²) in [5, 5.41) is 30.2. The summed E-state index contributed by atoms with van der Waals surface area (Å²) < 4.78 is 0. The second kappa shape index (κ2) is 2.97. The number of aliphatic hydroxyl groups is 1. The zero-order chi connectivity index (χ0) is 11.1. The van der Waals surface area contributed by atoms with Crippen LogP contribution in [0.4, 0.5) is 5.69 Å². The molecule has 76 valence electrons. The predicted molar refractivity (Wildman–Crippen MR) is 50.9 cm³/mol. The minimum absolute atomic E-state index is 0.0541. The Morgan fingerprint density at radius 2 is 2.27 bits per heavy atom. The smallest absolute Gasteiger partial charge is 0.262 e. The first kappa shape index (κ1) is 9.49. The molecule has 15 heavy (non-hydrogen) atoms. The van der Waals surface area contributed by atoms with Gasteiger partial charge in [0, 0.05) is 11.3 Å². The standard InChI is InChI=1S/C10H8N2O3/c11-4-3-10(15)7-5-6(13)1-2-8(7)12-9(10)14/h1-2,5,13,15H,3H2,(H,12,14). The van der Waals surface area contributed by atoms with Crippen LogP contribution in [0.2, 0.25) is 0 Å². The van der Waals surface area contributed by atoms with Crippen LogP contribution in [0, 0.1) is 11.3 Å². The van der Waals surface area contributed by atoms with E-state index < -0.39 is 11.5 Å². The van der Waals surface area contributed by atoms with E-state index in [1.165, 1.54) is 18.2 Å². The predicted octanol–water partition coefficient (Wildman–Crippen LogP) is 0.446. The van der Waals surface area contributed by atoms with E-state index in [-0.39, 0.29) is 17.7 Å². The van der Waals surface area contributed by atoms with Crippen LogP contribution in [-0.4, -0.2) is 16.1 Å². The zero-order valence-electron chi connectivity index (χ0n) is 7.69. The van der Waals surface area contributed by atoms with Crippen molar-refractivity contribution in [2.75, 3.05) is 5.32 Å². The number of carbonyl (C=O) groups excluding carboxylic acids is 1. The number of phenols is 1. The molecule has 1 amide bonds. The number of aromatic hydroxyl groups is 1. The van der Waals surface area contributed by atoms with Crippen LogP contribution in [0.15, 0.2) is 18.2 Å². The van der Waals surface area contributed by atoms with E-state index in [0.717, 1.165) is 0 Å². The molecule has 2 rings (SSSR count). The van der Waals surface area contributed by atoms with Gasteiger partial charge in [-0.2, -0.15) is 5.26 Å². The zero-order valence-corrected chi connectivity index (χ0v) is 7.69. The number of nitrogens with one attached hydrogen (secondary N) is 1. The number of nitriles is 1. The molecule has 0 spiro atoms. The number of anilines is 1.